The van der Waals surface area contributed by atoms with Crippen LogP contribution in [0.15, 0.2) is 0 Å². The maximum Gasteiger partial charge on any atom is 0.516 e. The Bertz CT molecular complexity index is 426. The molecule has 0 radical (unpaired) electrons. The molecule has 1 atom stereocenters. The smallest absolute Gasteiger partial charge is 0.444 e. The third-order valence-corrected chi connectivity index (χ3v) is 2.87. The van der Waals surface area contributed by atoms with Gasteiger partial charge in [-0.25, -0.2) is 14.4 Å². The lowest BCUT2D eigenvalue weighted by atomic mass is 10.2. The zero-order chi connectivity index (χ0) is 16.9. The lowest BCUT2D eigenvalue weighted by Crippen LogP contribution is -2.44. The molecule has 1 heterocycles. The van der Waals surface area contributed by atoms with Crippen LogP contribution in [0, 0.1) is 5.92 Å². The highest BCUT2D eigenvalue weighted by Gasteiger charge is 2.38. The Morgan fingerprint density at radius 1 is 1.23 bits per heavy atom. The van der Waals surface area contributed by atoms with Crippen molar-refractivity contribution in [1.82, 2.24) is 4.90 Å². The van der Waals surface area contributed by atoms with E-state index in [1.165, 1.54) is 4.90 Å². The number of carbonyl (C=O) groups is 3. The summed E-state index contributed by atoms with van der Waals surface area (Å²) in [7, 11) is 0. The molecule has 0 aromatic heterocycles. The molecule has 1 aliphatic rings. The number of carbonyl (C=O) groups excluding carboxylic acids is 3. The molecule has 0 unspecified atom stereocenters. The summed E-state index contributed by atoms with van der Waals surface area (Å²) in [5, 5.41) is 0. The Balaban J connectivity index is 2.56. The number of likely N-dealkylation sites (tertiary alicyclic amines) is 1. The van der Waals surface area contributed by atoms with Gasteiger partial charge < -0.3 is 14.2 Å². The third kappa shape index (κ3) is 5.91. The largest absolute Gasteiger partial charge is 0.516 e. The Hall–Kier alpha value is -1.79. The number of hydrogen-bond donors (Lipinski definition) is 0. The molecule has 7 nitrogen and oxygen atoms in total. The molecule has 0 saturated carbocycles. The van der Waals surface area contributed by atoms with Gasteiger partial charge in [0.05, 0.1) is 6.61 Å². The molecule has 0 spiro atoms. The van der Waals surface area contributed by atoms with Gasteiger partial charge in [0.15, 0.2) is 0 Å². The third-order valence-electron chi connectivity index (χ3n) is 2.87. The molecular formula is C15H25NO6. The fourth-order valence-electron chi connectivity index (χ4n) is 1.97. The van der Waals surface area contributed by atoms with Crippen molar-refractivity contribution in [1.29, 1.82) is 0 Å². The van der Waals surface area contributed by atoms with Crippen LogP contribution in [-0.4, -0.2) is 47.9 Å². The van der Waals surface area contributed by atoms with Gasteiger partial charge in [-0.1, -0.05) is 13.8 Å². The van der Waals surface area contributed by atoms with Gasteiger partial charge in [-0.05, 0) is 39.5 Å². The first-order chi connectivity index (χ1) is 10.1. The molecule has 7 heteroatoms. The molecule has 126 valence electrons. The van der Waals surface area contributed by atoms with E-state index in [2.05, 4.69) is 4.74 Å². The average molecular weight is 315 g/mol. The standard InChI is InChI=1S/C15H25NO6/c1-10(2)9-20-14(19)21-12(17)11-7-6-8-16(11)13(18)22-15(3,4)5/h10-11H,6-9H2,1-5H3/t11-/m1/s1. The van der Waals surface area contributed by atoms with Gasteiger partial charge in [0, 0.05) is 6.54 Å². The monoisotopic (exact) mass is 315 g/mol. The lowest BCUT2D eigenvalue weighted by Gasteiger charge is -2.27. The fourth-order valence-corrected chi connectivity index (χ4v) is 1.97. The second-order valence-corrected chi connectivity index (χ2v) is 6.71. The van der Waals surface area contributed by atoms with Crippen LogP contribution in [0.1, 0.15) is 47.5 Å². The van der Waals surface area contributed by atoms with Crippen LogP contribution >= 0.6 is 0 Å². The molecule has 0 bridgehead atoms. The predicted molar refractivity (Wildman–Crippen MR) is 78.2 cm³/mol. The predicted octanol–water partition coefficient (Wildman–Crippen LogP) is 2.72. The zero-order valence-electron chi connectivity index (χ0n) is 13.9. The van der Waals surface area contributed by atoms with Crippen molar-refractivity contribution in [2.75, 3.05) is 13.2 Å². The molecule has 0 aliphatic carbocycles. The summed E-state index contributed by atoms with van der Waals surface area (Å²) in [5.74, 6) is -0.635. The van der Waals surface area contributed by atoms with Crippen LogP contribution in [0.5, 0.6) is 0 Å². The first-order valence-corrected chi connectivity index (χ1v) is 7.48. The van der Waals surface area contributed by atoms with E-state index in [0.717, 1.165) is 0 Å². The maximum absolute atomic E-state index is 12.1. The minimum absolute atomic E-state index is 0.146. The van der Waals surface area contributed by atoms with Crippen LogP contribution in [0.25, 0.3) is 0 Å². The maximum atomic E-state index is 12.1. The second-order valence-electron chi connectivity index (χ2n) is 6.71. The molecule has 1 saturated heterocycles. The van der Waals surface area contributed by atoms with E-state index in [0.29, 0.717) is 19.4 Å². The number of esters is 1. The van der Waals surface area contributed by atoms with E-state index < -0.39 is 29.9 Å². The van der Waals surface area contributed by atoms with E-state index in [1.54, 1.807) is 20.8 Å². The van der Waals surface area contributed by atoms with Crippen molar-refractivity contribution < 1.29 is 28.6 Å². The first kappa shape index (κ1) is 18.3. The van der Waals surface area contributed by atoms with Gasteiger partial charge in [-0.3, -0.25) is 4.90 Å². The summed E-state index contributed by atoms with van der Waals surface area (Å²) in [4.78, 5) is 36.8. The van der Waals surface area contributed by atoms with Crippen molar-refractivity contribution in [2.24, 2.45) is 5.92 Å². The summed E-state index contributed by atoms with van der Waals surface area (Å²) in [5.41, 5.74) is -0.648. The van der Waals surface area contributed by atoms with Gasteiger partial charge in [-0.15, -0.1) is 0 Å². The van der Waals surface area contributed by atoms with E-state index >= 15 is 0 Å². The minimum atomic E-state index is -1.03. The normalized spacial score (nSPS) is 18.3. The Morgan fingerprint density at radius 3 is 2.41 bits per heavy atom. The molecule has 1 rings (SSSR count). The summed E-state index contributed by atoms with van der Waals surface area (Å²) < 4.78 is 14.7. The van der Waals surface area contributed by atoms with Gasteiger partial charge in [0.2, 0.25) is 0 Å². The Labute approximate surface area is 130 Å². The summed E-state index contributed by atoms with van der Waals surface area (Å²) in [6.45, 7) is 9.56. The molecule has 0 aromatic rings. The van der Waals surface area contributed by atoms with Gasteiger partial charge in [0.25, 0.3) is 0 Å². The van der Waals surface area contributed by atoms with Gasteiger partial charge in [-0.2, -0.15) is 0 Å². The molecule has 1 fully saturated rings. The van der Waals surface area contributed by atoms with E-state index in [4.69, 9.17) is 9.47 Å². The second kappa shape index (κ2) is 7.47. The zero-order valence-corrected chi connectivity index (χ0v) is 13.9. The Kier molecular flexibility index (Phi) is 6.20. The van der Waals surface area contributed by atoms with E-state index in [1.807, 2.05) is 13.8 Å². The highest BCUT2D eigenvalue weighted by Crippen LogP contribution is 2.22. The summed E-state index contributed by atoms with van der Waals surface area (Å²) >= 11 is 0. The minimum Gasteiger partial charge on any atom is -0.444 e. The number of ether oxygens (including phenoxy) is 3. The molecule has 0 N–H and O–H groups in total. The van der Waals surface area contributed by atoms with Crippen LogP contribution in [0.3, 0.4) is 0 Å². The van der Waals surface area contributed by atoms with Crippen molar-refractivity contribution in [3.63, 3.8) is 0 Å². The molecule has 1 aliphatic heterocycles. The highest BCUT2D eigenvalue weighted by molar-refractivity contribution is 5.88. The molecule has 22 heavy (non-hydrogen) atoms. The van der Waals surface area contributed by atoms with Crippen molar-refractivity contribution in [3.05, 3.63) is 0 Å². The van der Waals surface area contributed by atoms with Crippen LogP contribution in [0.2, 0.25) is 0 Å². The SMILES string of the molecule is CC(C)COC(=O)OC(=O)[C@H]1CCCN1C(=O)OC(C)(C)C. The molecular weight excluding hydrogens is 290 g/mol. The highest BCUT2D eigenvalue weighted by atomic mass is 16.7. The van der Waals surface area contributed by atoms with Crippen LogP contribution < -0.4 is 0 Å². The van der Waals surface area contributed by atoms with Crippen molar-refractivity contribution >= 4 is 18.2 Å². The van der Waals surface area contributed by atoms with Gasteiger partial charge >= 0.3 is 18.2 Å². The van der Waals surface area contributed by atoms with Crippen molar-refractivity contribution in [2.45, 2.75) is 59.1 Å². The number of hydrogen-bond acceptors (Lipinski definition) is 6. The fraction of sp³-hybridized carbons (Fsp3) is 0.800. The average Bonchev–Trinajstić information content (AvgIpc) is 2.83. The number of nitrogens with zero attached hydrogens (tertiary/aromatic N) is 1. The van der Waals surface area contributed by atoms with Crippen molar-refractivity contribution in [3.8, 4) is 0 Å². The van der Waals surface area contributed by atoms with E-state index in [9.17, 15) is 14.4 Å². The first-order valence-electron chi connectivity index (χ1n) is 7.48. The summed E-state index contributed by atoms with van der Waals surface area (Å²) in [6, 6.07) is -0.804. The molecule has 1 amide bonds. The molecule has 0 aromatic carbocycles. The topological polar surface area (TPSA) is 82.1 Å². The van der Waals surface area contributed by atoms with E-state index in [-0.39, 0.29) is 12.5 Å². The Morgan fingerprint density at radius 2 is 1.86 bits per heavy atom. The van der Waals surface area contributed by atoms with Gasteiger partial charge in [0.1, 0.15) is 11.6 Å². The summed E-state index contributed by atoms with van der Waals surface area (Å²) in [6.07, 6.45) is -0.521. The van der Waals surface area contributed by atoms with Crippen LogP contribution in [0.4, 0.5) is 9.59 Å². The lowest BCUT2D eigenvalue weighted by molar-refractivity contribution is -0.145. The quantitative estimate of drug-likeness (QED) is 0.588. The number of amides is 1. The number of rotatable bonds is 3. The van der Waals surface area contributed by atoms with Crippen LogP contribution in [-0.2, 0) is 19.0 Å².